The summed E-state index contributed by atoms with van der Waals surface area (Å²) in [4.78, 5) is 5.93. The number of H-pyrrole nitrogens is 1. The number of benzene rings is 1. The Morgan fingerprint density at radius 3 is 2.53 bits per heavy atom. The van der Waals surface area contributed by atoms with Gasteiger partial charge in [0.25, 0.3) is 0 Å². The van der Waals surface area contributed by atoms with Crippen LogP contribution in [0.5, 0.6) is 0 Å². The molecule has 1 saturated heterocycles. The number of likely N-dealkylation sites (tertiary alicyclic amines) is 1. The highest BCUT2D eigenvalue weighted by molar-refractivity contribution is 7.90. The molecule has 34 heavy (non-hydrogen) atoms. The maximum Gasteiger partial charge on any atom is 0.148 e. The zero-order chi connectivity index (χ0) is 24.6. The number of hydrogen-bond acceptors (Lipinski definition) is 6. The van der Waals surface area contributed by atoms with Gasteiger partial charge in [-0.05, 0) is 80.1 Å². The summed E-state index contributed by atoms with van der Waals surface area (Å²) in [5.41, 5.74) is 13.5. The van der Waals surface area contributed by atoms with E-state index in [0.29, 0.717) is 18.4 Å². The molecule has 2 aliphatic heterocycles. The third-order valence-electron chi connectivity index (χ3n) is 7.06. The summed E-state index contributed by atoms with van der Waals surface area (Å²) in [6, 6.07) is 6.80. The smallest absolute Gasteiger partial charge is 0.148 e. The maximum atomic E-state index is 11.5. The number of sulfone groups is 1. The van der Waals surface area contributed by atoms with E-state index < -0.39 is 9.84 Å². The number of aromatic nitrogens is 1. The molecule has 1 aromatic carbocycles. The van der Waals surface area contributed by atoms with Gasteiger partial charge in [0.15, 0.2) is 0 Å². The summed E-state index contributed by atoms with van der Waals surface area (Å²) >= 11 is 0. The van der Waals surface area contributed by atoms with E-state index in [9.17, 15) is 8.42 Å². The topological polar surface area (TPSA) is 108 Å². The van der Waals surface area contributed by atoms with Gasteiger partial charge in [0.2, 0.25) is 0 Å². The number of nitrogens with zero attached hydrogens (tertiary/aromatic N) is 2. The second-order valence-electron chi connectivity index (χ2n) is 9.97. The largest absolute Gasteiger partial charge is 0.403 e. The van der Waals surface area contributed by atoms with E-state index >= 15 is 0 Å². The van der Waals surface area contributed by atoms with Gasteiger partial charge < -0.3 is 15.6 Å². The molecule has 0 radical (unpaired) electrons. The molecule has 2 aromatic rings. The summed E-state index contributed by atoms with van der Waals surface area (Å²) in [5, 5.41) is 2.86. The van der Waals surface area contributed by atoms with E-state index in [0.717, 1.165) is 54.1 Å². The van der Waals surface area contributed by atoms with Crippen molar-refractivity contribution in [2.24, 2.45) is 11.6 Å². The molecule has 0 aliphatic carbocycles. The Morgan fingerprint density at radius 1 is 1.21 bits per heavy atom. The highest BCUT2D eigenvalue weighted by Crippen LogP contribution is 2.38. The van der Waals surface area contributed by atoms with Crippen LogP contribution in [0.2, 0.25) is 0 Å². The van der Waals surface area contributed by atoms with Gasteiger partial charge in [0, 0.05) is 41.2 Å². The minimum absolute atomic E-state index is 0.236. The molecule has 0 saturated carbocycles. The fraction of sp³-hybridized carbons (Fsp3) is 0.462. The predicted octanol–water partition coefficient (Wildman–Crippen LogP) is 3.79. The molecule has 184 valence electrons. The molecule has 0 atom stereocenters. The number of hydrazine groups is 1. The summed E-state index contributed by atoms with van der Waals surface area (Å²) in [5.74, 6) is 7.20. The first-order valence-electron chi connectivity index (χ1n) is 12.0. The third-order valence-corrected chi connectivity index (χ3v) is 7.99. The number of piperidine rings is 1. The van der Waals surface area contributed by atoms with Gasteiger partial charge >= 0.3 is 0 Å². The monoisotopic (exact) mass is 483 g/mol. The standard InChI is InChI=1S/C26H37N5O2S/c1-17(2)25-23-15-20(19-7-9-30(10-8-19)11-12-34(4,32)33)5-6-24(23)29-26(25)21-13-18(3)31(28)22(14-21)16-27/h5-6,13-17,19,29H,7-12,27-28H2,1-4H3/b22-16-. The van der Waals surface area contributed by atoms with E-state index in [1.165, 1.54) is 29.0 Å². The van der Waals surface area contributed by atoms with Crippen LogP contribution < -0.4 is 11.6 Å². The van der Waals surface area contributed by atoms with Crippen LogP contribution in [-0.2, 0) is 9.84 Å². The van der Waals surface area contributed by atoms with Crippen molar-refractivity contribution < 1.29 is 8.42 Å². The van der Waals surface area contributed by atoms with E-state index in [1.54, 1.807) is 5.01 Å². The number of fused-ring (bicyclic) bond motifs is 1. The van der Waals surface area contributed by atoms with Crippen molar-refractivity contribution in [1.29, 1.82) is 0 Å². The van der Waals surface area contributed by atoms with Crippen LogP contribution in [0.15, 0.2) is 47.9 Å². The molecule has 3 heterocycles. The van der Waals surface area contributed by atoms with Crippen molar-refractivity contribution in [3.8, 4) is 0 Å². The highest BCUT2D eigenvalue weighted by atomic mass is 32.2. The lowest BCUT2D eigenvalue weighted by Crippen LogP contribution is -2.36. The Labute approximate surface area is 203 Å². The molecule has 0 bridgehead atoms. The van der Waals surface area contributed by atoms with Crippen LogP contribution in [-0.4, -0.2) is 55.0 Å². The number of nitrogens with two attached hydrogens (primary N) is 2. The number of aromatic amines is 1. The average molecular weight is 484 g/mol. The average Bonchev–Trinajstić information content (AvgIpc) is 3.18. The molecule has 0 unspecified atom stereocenters. The van der Waals surface area contributed by atoms with E-state index in [2.05, 4.69) is 48.0 Å². The first-order chi connectivity index (χ1) is 16.1. The van der Waals surface area contributed by atoms with Gasteiger partial charge in [0.1, 0.15) is 9.84 Å². The lowest BCUT2D eigenvalue weighted by atomic mass is 9.87. The first kappa shape index (κ1) is 24.6. The normalized spacial score (nSPS) is 19.8. The van der Waals surface area contributed by atoms with E-state index in [4.69, 9.17) is 11.6 Å². The molecule has 5 N–H and O–H groups in total. The first-order valence-corrected chi connectivity index (χ1v) is 14.1. The van der Waals surface area contributed by atoms with Crippen LogP contribution in [0.4, 0.5) is 0 Å². The molecule has 0 spiro atoms. The van der Waals surface area contributed by atoms with E-state index in [1.807, 2.05) is 13.0 Å². The molecular weight excluding hydrogens is 446 g/mol. The molecule has 2 aliphatic rings. The van der Waals surface area contributed by atoms with Gasteiger partial charge in [-0.3, -0.25) is 5.01 Å². The number of hydrogen-bond donors (Lipinski definition) is 3. The van der Waals surface area contributed by atoms with Crippen molar-refractivity contribution in [1.82, 2.24) is 14.9 Å². The predicted molar refractivity (Wildman–Crippen MR) is 141 cm³/mol. The molecule has 7 nitrogen and oxygen atoms in total. The lowest BCUT2D eigenvalue weighted by Gasteiger charge is -2.32. The van der Waals surface area contributed by atoms with Crippen molar-refractivity contribution in [3.05, 3.63) is 64.8 Å². The summed E-state index contributed by atoms with van der Waals surface area (Å²) in [6.45, 7) is 8.95. The molecule has 0 amide bonds. The number of nitrogens with one attached hydrogen (secondary N) is 1. The molecule has 8 heteroatoms. The van der Waals surface area contributed by atoms with Gasteiger partial charge in [-0.15, -0.1) is 0 Å². The van der Waals surface area contributed by atoms with Crippen molar-refractivity contribution >= 4 is 26.3 Å². The molecule has 4 rings (SSSR count). The second-order valence-corrected chi connectivity index (χ2v) is 12.2. The number of allylic oxidation sites excluding steroid dienone is 4. The van der Waals surface area contributed by atoms with Crippen LogP contribution in [0.3, 0.4) is 0 Å². The third kappa shape index (κ3) is 5.09. The zero-order valence-corrected chi connectivity index (χ0v) is 21.5. The minimum atomic E-state index is -2.92. The van der Waals surface area contributed by atoms with Crippen LogP contribution in [0, 0.1) is 0 Å². The summed E-state index contributed by atoms with van der Waals surface area (Å²) in [7, 11) is -2.92. The second kappa shape index (κ2) is 9.60. The minimum Gasteiger partial charge on any atom is -0.403 e. The van der Waals surface area contributed by atoms with Gasteiger partial charge in [0.05, 0.1) is 17.1 Å². The van der Waals surface area contributed by atoms with Crippen LogP contribution in [0.1, 0.15) is 62.3 Å². The lowest BCUT2D eigenvalue weighted by molar-refractivity contribution is 0.223. The number of rotatable bonds is 6. The van der Waals surface area contributed by atoms with Crippen molar-refractivity contribution in [2.45, 2.75) is 45.4 Å². The van der Waals surface area contributed by atoms with Crippen LogP contribution in [0.25, 0.3) is 16.5 Å². The fourth-order valence-electron chi connectivity index (χ4n) is 5.14. The van der Waals surface area contributed by atoms with Gasteiger partial charge in [-0.1, -0.05) is 19.9 Å². The van der Waals surface area contributed by atoms with Crippen molar-refractivity contribution in [2.75, 3.05) is 31.6 Å². The van der Waals surface area contributed by atoms with Crippen molar-refractivity contribution in [3.63, 3.8) is 0 Å². The summed E-state index contributed by atoms with van der Waals surface area (Å²) < 4.78 is 23.0. The molecule has 1 aromatic heterocycles. The fourth-order valence-corrected chi connectivity index (χ4v) is 5.73. The van der Waals surface area contributed by atoms with Gasteiger partial charge in [-0.25, -0.2) is 14.3 Å². The van der Waals surface area contributed by atoms with E-state index in [-0.39, 0.29) is 5.75 Å². The molecular formula is C26H37N5O2S. The Balaban J connectivity index is 1.62. The van der Waals surface area contributed by atoms with Gasteiger partial charge in [-0.2, -0.15) is 0 Å². The Hall–Kier alpha value is -2.55. The van der Waals surface area contributed by atoms with Crippen LogP contribution >= 0.6 is 0 Å². The maximum absolute atomic E-state index is 11.5. The summed E-state index contributed by atoms with van der Waals surface area (Å²) in [6.07, 6.45) is 9.06. The Kier molecular flexibility index (Phi) is 6.94. The SMILES string of the molecule is CC1=CC(c2[nH]c3ccc(C4CCN(CCS(C)(=O)=O)CC4)cc3c2C(C)C)=C/C(=C/N)N1N. The molecule has 1 fully saturated rings. The zero-order valence-electron chi connectivity index (χ0n) is 20.6. The highest BCUT2D eigenvalue weighted by Gasteiger charge is 2.24. The quantitative estimate of drug-likeness (QED) is 0.540. The Morgan fingerprint density at radius 2 is 1.91 bits per heavy atom. The Bertz CT molecular complexity index is 1260.